The van der Waals surface area contributed by atoms with E-state index in [2.05, 4.69) is 14.5 Å². The van der Waals surface area contributed by atoms with E-state index in [9.17, 15) is 8.42 Å². The molecule has 0 N–H and O–H groups in total. The van der Waals surface area contributed by atoms with E-state index in [0.717, 1.165) is 59.9 Å². The Hall–Kier alpha value is -2.97. The molecular formula is C24H24ClN5O2S. The molecule has 9 heteroatoms. The first kappa shape index (κ1) is 21.9. The van der Waals surface area contributed by atoms with Crippen LogP contribution in [0.25, 0.3) is 28.1 Å². The van der Waals surface area contributed by atoms with Gasteiger partial charge in [-0.25, -0.2) is 18.4 Å². The van der Waals surface area contributed by atoms with Gasteiger partial charge in [-0.2, -0.15) is 0 Å². The summed E-state index contributed by atoms with van der Waals surface area (Å²) in [5.41, 5.74) is 3.61. The van der Waals surface area contributed by atoms with E-state index in [-0.39, 0.29) is 11.7 Å². The predicted molar refractivity (Wildman–Crippen MR) is 132 cm³/mol. The number of rotatable bonds is 5. The SMILES string of the molecule is CS(=O)(=O)CC1CCN(c2ccc(-c3nc4ccncc4n3-c3ccc(Cl)cc3)cn2)CC1. The standard InChI is InChI=1S/C24H24ClN5O2S/c1-33(31,32)16-17-9-12-29(13-10-17)23-7-2-18(14-27-23)24-28-21-8-11-26-15-22(21)30(24)20-5-3-19(25)4-6-20/h2-8,11,14-15,17H,9-10,12-13,16H2,1H3. The summed E-state index contributed by atoms with van der Waals surface area (Å²) in [4.78, 5) is 16.1. The molecular weight excluding hydrogens is 458 g/mol. The fourth-order valence-electron chi connectivity index (χ4n) is 4.43. The van der Waals surface area contributed by atoms with Crippen molar-refractivity contribution >= 4 is 38.3 Å². The zero-order valence-electron chi connectivity index (χ0n) is 18.2. The van der Waals surface area contributed by atoms with E-state index in [4.69, 9.17) is 21.6 Å². The second-order valence-corrected chi connectivity index (χ2v) is 11.2. The first-order valence-electron chi connectivity index (χ1n) is 10.8. The van der Waals surface area contributed by atoms with Gasteiger partial charge in [0, 0.05) is 48.0 Å². The third-order valence-corrected chi connectivity index (χ3v) is 7.35. The lowest BCUT2D eigenvalue weighted by Crippen LogP contribution is -2.36. The van der Waals surface area contributed by atoms with Gasteiger partial charge in [-0.3, -0.25) is 9.55 Å². The Morgan fingerprint density at radius 1 is 1.03 bits per heavy atom. The summed E-state index contributed by atoms with van der Waals surface area (Å²) in [6.45, 7) is 1.61. The number of pyridine rings is 2. The first-order chi connectivity index (χ1) is 15.9. The monoisotopic (exact) mass is 481 g/mol. The highest BCUT2D eigenvalue weighted by molar-refractivity contribution is 7.90. The van der Waals surface area contributed by atoms with Crippen molar-refractivity contribution in [3.8, 4) is 17.1 Å². The molecule has 4 heterocycles. The summed E-state index contributed by atoms with van der Waals surface area (Å²) in [5.74, 6) is 2.17. The molecule has 7 nitrogen and oxygen atoms in total. The quantitative estimate of drug-likeness (QED) is 0.420. The number of anilines is 1. The molecule has 0 spiro atoms. The lowest BCUT2D eigenvalue weighted by molar-refractivity contribution is 0.435. The number of halogens is 1. The molecule has 170 valence electrons. The van der Waals surface area contributed by atoms with Crippen LogP contribution in [0.3, 0.4) is 0 Å². The number of aromatic nitrogens is 4. The van der Waals surface area contributed by atoms with Gasteiger partial charge < -0.3 is 4.90 Å². The van der Waals surface area contributed by atoms with Crippen LogP contribution in [-0.2, 0) is 9.84 Å². The van der Waals surface area contributed by atoms with E-state index in [1.807, 2.05) is 54.9 Å². The molecule has 1 aliphatic rings. The number of piperidine rings is 1. The summed E-state index contributed by atoms with van der Waals surface area (Å²) in [6, 6.07) is 13.6. The maximum atomic E-state index is 11.6. The molecule has 0 unspecified atom stereocenters. The number of hydrogen-bond acceptors (Lipinski definition) is 6. The zero-order valence-corrected chi connectivity index (χ0v) is 19.8. The number of imidazole rings is 1. The molecule has 4 aromatic rings. The number of fused-ring (bicyclic) bond motifs is 1. The first-order valence-corrected chi connectivity index (χ1v) is 13.3. The summed E-state index contributed by atoms with van der Waals surface area (Å²) < 4.78 is 25.2. The second kappa shape index (κ2) is 8.76. The van der Waals surface area contributed by atoms with Crippen LogP contribution >= 0.6 is 11.6 Å². The third kappa shape index (κ3) is 4.72. The van der Waals surface area contributed by atoms with Crippen molar-refractivity contribution in [2.75, 3.05) is 30.0 Å². The number of benzene rings is 1. The number of nitrogens with zero attached hydrogens (tertiary/aromatic N) is 5. The van der Waals surface area contributed by atoms with Crippen molar-refractivity contribution in [1.82, 2.24) is 19.5 Å². The molecule has 33 heavy (non-hydrogen) atoms. The molecule has 0 saturated carbocycles. The Bertz CT molecular complexity index is 1380. The van der Waals surface area contributed by atoms with E-state index >= 15 is 0 Å². The molecule has 0 radical (unpaired) electrons. The van der Waals surface area contributed by atoms with E-state index in [1.165, 1.54) is 6.26 Å². The Morgan fingerprint density at radius 3 is 2.45 bits per heavy atom. The summed E-state index contributed by atoms with van der Waals surface area (Å²) in [6.07, 6.45) is 8.42. The molecule has 0 bridgehead atoms. The summed E-state index contributed by atoms with van der Waals surface area (Å²) in [5, 5.41) is 0.675. The fourth-order valence-corrected chi connectivity index (χ4v) is 5.75. The summed E-state index contributed by atoms with van der Waals surface area (Å²) in [7, 11) is -2.94. The largest absolute Gasteiger partial charge is 0.357 e. The van der Waals surface area contributed by atoms with Crippen molar-refractivity contribution in [2.45, 2.75) is 12.8 Å². The lowest BCUT2D eigenvalue weighted by Gasteiger charge is -2.32. The Labute approximate surface area is 198 Å². The van der Waals surface area contributed by atoms with Crippen molar-refractivity contribution < 1.29 is 8.42 Å². The van der Waals surface area contributed by atoms with Crippen molar-refractivity contribution in [2.24, 2.45) is 5.92 Å². The third-order valence-electron chi connectivity index (χ3n) is 6.02. The van der Waals surface area contributed by atoms with Gasteiger partial charge in [0.05, 0.1) is 23.0 Å². The normalized spacial score (nSPS) is 15.3. The van der Waals surface area contributed by atoms with Crippen molar-refractivity contribution in [1.29, 1.82) is 0 Å². The highest BCUT2D eigenvalue weighted by Gasteiger charge is 2.23. The van der Waals surface area contributed by atoms with Gasteiger partial charge in [-0.05, 0) is 61.2 Å². The van der Waals surface area contributed by atoms with Gasteiger partial charge in [-0.1, -0.05) is 11.6 Å². The molecule has 0 aliphatic carbocycles. The van der Waals surface area contributed by atoms with Gasteiger partial charge in [0.15, 0.2) is 0 Å². The van der Waals surface area contributed by atoms with Crippen molar-refractivity contribution in [3.05, 3.63) is 66.1 Å². The minimum Gasteiger partial charge on any atom is -0.357 e. The Morgan fingerprint density at radius 2 is 1.79 bits per heavy atom. The Kier molecular flexibility index (Phi) is 5.80. The van der Waals surface area contributed by atoms with Crippen LogP contribution in [0.1, 0.15) is 12.8 Å². The molecule has 1 aromatic carbocycles. The maximum absolute atomic E-state index is 11.6. The number of hydrogen-bond donors (Lipinski definition) is 0. The van der Waals surface area contributed by atoms with E-state index in [0.29, 0.717) is 5.02 Å². The summed E-state index contributed by atoms with van der Waals surface area (Å²) >= 11 is 6.10. The van der Waals surface area contributed by atoms with Crippen LogP contribution in [-0.4, -0.2) is 53.0 Å². The fraction of sp³-hybridized carbons (Fsp3) is 0.292. The highest BCUT2D eigenvalue weighted by atomic mass is 35.5. The van der Waals surface area contributed by atoms with Crippen molar-refractivity contribution in [3.63, 3.8) is 0 Å². The van der Waals surface area contributed by atoms with E-state index in [1.54, 1.807) is 6.20 Å². The lowest BCUT2D eigenvalue weighted by atomic mass is 9.99. The minimum atomic E-state index is -2.94. The van der Waals surface area contributed by atoms with E-state index < -0.39 is 9.84 Å². The average Bonchev–Trinajstić information content (AvgIpc) is 3.19. The second-order valence-electron chi connectivity index (χ2n) is 8.54. The van der Waals surface area contributed by atoms with Gasteiger partial charge in [-0.15, -0.1) is 0 Å². The molecule has 1 aliphatic heterocycles. The molecule has 3 aromatic heterocycles. The predicted octanol–water partition coefficient (Wildman–Crippen LogP) is 4.40. The van der Waals surface area contributed by atoms with Crippen LogP contribution < -0.4 is 4.90 Å². The minimum absolute atomic E-state index is 0.225. The topological polar surface area (TPSA) is 81.0 Å². The molecule has 1 saturated heterocycles. The maximum Gasteiger partial charge on any atom is 0.147 e. The molecule has 5 rings (SSSR count). The highest BCUT2D eigenvalue weighted by Crippen LogP contribution is 2.30. The van der Waals surface area contributed by atoms with Crippen LogP contribution in [0.4, 0.5) is 5.82 Å². The molecule has 1 fully saturated rings. The van der Waals surface area contributed by atoms with Gasteiger partial charge in [0.2, 0.25) is 0 Å². The molecule has 0 atom stereocenters. The van der Waals surface area contributed by atoms with Crippen LogP contribution in [0, 0.1) is 5.92 Å². The average molecular weight is 482 g/mol. The zero-order chi connectivity index (χ0) is 23.0. The van der Waals surface area contributed by atoms with Crippen LogP contribution in [0.2, 0.25) is 5.02 Å². The Balaban J connectivity index is 1.43. The molecule has 0 amide bonds. The smallest absolute Gasteiger partial charge is 0.147 e. The van der Waals surface area contributed by atoms with Gasteiger partial charge in [0.1, 0.15) is 21.5 Å². The van der Waals surface area contributed by atoms with Gasteiger partial charge in [0.25, 0.3) is 0 Å². The number of sulfone groups is 1. The van der Waals surface area contributed by atoms with Crippen LogP contribution in [0.15, 0.2) is 61.1 Å². The van der Waals surface area contributed by atoms with Crippen LogP contribution in [0.5, 0.6) is 0 Å². The van der Waals surface area contributed by atoms with Gasteiger partial charge >= 0.3 is 0 Å².